The van der Waals surface area contributed by atoms with E-state index in [1.165, 1.54) is 23.5 Å². The molecular weight excluding hydrogens is 256 g/mol. The maximum Gasteiger partial charge on any atom is 0.119 e. The van der Waals surface area contributed by atoms with Gasteiger partial charge in [0.1, 0.15) is 12.4 Å². The van der Waals surface area contributed by atoms with E-state index in [-0.39, 0.29) is 0 Å². The van der Waals surface area contributed by atoms with Crippen LogP contribution in [0.1, 0.15) is 12.0 Å². The van der Waals surface area contributed by atoms with Gasteiger partial charge in [0.05, 0.1) is 0 Å². The molecule has 1 unspecified atom stereocenters. The van der Waals surface area contributed by atoms with E-state index in [0.29, 0.717) is 0 Å². The van der Waals surface area contributed by atoms with Gasteiger partial charge in [0.15, 0.2) is 0 Å². The lowest BCUT2D eigenvalue weighted by atomic mass is 10.2. The van der Waals surface area contributed by atoms with E-state index < -0.39 is 0 Å². The van der Waals surface area contributed by atoms with Crippen molar-refractivity contribution < 1.29 is 4.74 Å². The molecular formula is C15H24N2OS. The molecule has 1 fully saturated rings. The molecule has 0 aromatic heterocycles. The Morgan fingerprint density at radius 1 is 1.47 bits per heavy atom. The summed E-state index contributed by atoms with van der Waals surface area (Å²) in [7, 11) is 4.17. The van der Waals surface area contributed by atoms with E-state index in [1.807, 2.05) is 13.1 Å². The van der Waals surface area contributed by atoms with Crippen molar-refractivity contribution >= 4 is 11.8 Å². The number of ether oxygens (including phenoxy) is 1. The lowest BCUT2D eigenvalue weighted by molar-refractivity contribution is 0.202. The molecule has 1 aliphatic rings. The number of likely N-dealkylation sites (N-methyl/N-ethyl adjacent to an activating group) is 1. The van der Waals surface area contributed by atoms with Gasteiger partial charge in [-0.25, -0.2) is 0 Å². The number of nitrogens with one attached hydrogen (secondary N) is 1. The van der Waals surface area contributed by atoms with Gasteiger partial charge in [0.2, 0.25) is 0 Å². The molecule has 1 aromatic rings. The van der Waals surface area contributed by atoms with Crippen LogP contribution in [0.3, 0.4) is 0 Å². The Morgan fingerprint density at radius 2 is 2.37 bits per heavy atom. The third-order valence-electron chi connectivity index (χ3n) is 3.52. The van der Waals surface area contributed by atoms with Gasteiger partial charge in [-0.2, -0.15) is 11.8 Å². The van der Waals surface area contributed by atoms with Gasteiger partial charge in [-0.1, -0.05) is 12.1 Å². The van der Waals surface area contributed by atoms with Crippen LogP contribution in [-0.4, -0.2) is 49.7 Å². The van der Waals surface area contributed by atoms with Crippen molar-refractivity contribution in [2.75, 3.05) is 38.8 Å². The first-order valence-corrected chi connectivity index (χ1v) is 8.09. The first-order valence-electron chi connectivity index (χ1n) is 6.94. The molecule has 4 heteroatoms. The second-order valence-electron chi connectivity index (χ2n) is 5.02. The summed E-state index contributed by atoms with van der Waals surface area (Å²) in [6.45, 7) is 2.65. The Morgan fingerprint density at radius 3 is 3.11 bits per heavy atom. The summed E-state index contributed by atoms with van der Waals surface area (Å²) in [4.78, 5) is 2.43. The summed E-state index contributed by atoms with van der Waals surface area (Å²) in [5, 5.41) is 3.16. The average molecular weight is 280 g/mol. The molecule has 0 aliphatic carbocycles. The van der Waals surface area contributed by atoms with Crippen LogP contribution >= 0.6 is 11.8 Å². The summed E-state index contributed by atoms with van der Waals surface area (Å²) < 4.78 is 5.85. The molecule has 2 rings (SSSR count). The van der Waals surface area contributed by atoms with E-state index >= 15 is 0 Å². The van der Waals surface area contributed by atoms with Crippen molar-refractivity contribution in [1.82, 2.24) is 10.2 Å². The second kappa shape index (κ2) is 7.78. The van der Waals surface area contributed by atoms with E-state index in [2.05, 4.69) is 47.2 Å². The van der Waals surface area contributed by atoms with Crippen LogP contribution in [0, 0.1) is 0 Å². The van der Waals surface area contributed by atoms with E-state index in [1.54, 1.807) is 0 Å². The smallest absolute Gasteiger partial charge is 0.119 e. The summed E-state index contributed by atoms with van der Waals surface area (Å²) >= 11 is 2.06. The summed E-state index contributed by atoms with van der Waals surface area (Å²) in [5.74, 6) is 3.55. The molecule has 0 spiro atoms. The Kier molecular flexibility index (Phi) is 6.01. The molecule has 1 N–H and O–H groups in total. The van der Waals surface area contributed by atoms with Crippen LogP contribution in [0.2, 0.25) is 0 Å². The largest absolute Gasteiger partial charge is 0.492 e. The Labute approximate surface area is 120 Å². The quantitative estimate of drug-likeness (QED) is 0.828. The van der Waals surface area contributed by atoms with Gasteiger partial charge in [-0.15, -0.1) is 0 Å². The second-order valence-corrected chi connectivity index (χ2v) is 6.17. The van der Waals surface area contributed by atoms with Gasteiger partial charge in [0.25, 0.3) is 0 Å². The molecule has 1 aromatic carbocycles. The standard InChI is InChI=1S/C15H24N2OS/c1-16-11-13-4-3-5-15(10-13)18-8-7-17(2)14-6-9-19-12-14/h3-5,10,14,16H,6-9,11-12H2,1-2H3. The molecule has 0 saturated carbocycles. The molecule has 19 heavy (non-hydrogen) atoms. The van der Waals surface area contributed by atoms with Crippen molar-refractivity contribution in [3.05, 3.63) is 29.8 Å². The predicted molar refractivity (Wildman–Crippen MR) is 83.1 cm³/mol. The highest BCUT2D eigenvalue weighted by Crippen LogP contribution is 2.21. The van der Waals surface area contributed by atoms with Crippen molar-refractivity contribution in [2.45, 2.75) is 19.0 Å². The minimum Gasteiger partial charge on any atom is -0.492 e. The zero-order chi connectivity index (χ0) is 13.5. The molecule has 1 saturated heterocycles. The van der Waals surface area contributed by atoms with Crippen LogP contribution in [0.4, 0.5) is 0 Å². The van der Waals surface area contributed by atoms with Crippen LogP contribution < -0.4 is 10.1 Å². The molecule has 0 bridgehead atoms. The number of hydrogen-bond acceptors (Lipinski definition) is 4. The molecule has 0 radical (unpaired) electrons. The van der Waals surface area contributed by atoms with Gasteiger partial charge >= 0.3 is 0 Å². The maximum absolute atomic E-state index is 5.85. The maximum atomic E-state index is 5.85. The molecule has 0 amide bonds. The molecule has 106 valence electrons. The number of thioether (sulfide) groups is 1. The highest BCUT2D eigenvalue weighted by Gasteiger charge is 2.19. The predicted octanol–water partition coefficient (Wildman–Crippen LogP) is 2.22. The fourth-order valence-electron chi connectivity index (χ4n) is 2.31. The molecule has 1 heterocycles. The van der Waals surface area contributed by atoms with Crippen molar-refractivity contribution in [2.24, 2.45) is 0 Å². The third kappa shape index (κ3) is 4.71. The fraction of sp³-hybridized carbons (Fsp3) is 0.600. The SMILES string of the molecule is CNCc1cccc(OCCN(C)C2CCSC2)c1. The third-order valence-corrected chi connectivity index (χ3v) is 4.67. The summed E-state index contributed by atoms with van der Waals surface area (Å²) in [5.41, 5.74) is 1.26. The number of hydrogen-bond donors (Lipinski definition) is 1. The average Bonchev–Trinajstić information content (AvgIpc) is 2.93. The molecule has 1 aliphatic heterocycles. The lowest BCUT2D eigenvalue weighted by Crippen LogP contribution is -2.34. The van der Waals surface area contributed by atoms with Crippen LogP contribution in [0.25, 0.3) is 0 Å². The van der Waals surface area contributed by atoms with E-state index in [4.69, 9.17) is 4.74 Å². The van der Waals surface area contributed by atoms with E-state index in [0.717, 1.165) is 31.5 Å². The Bertz CT molecular complexity index is 380. The first kappa shape index (κ1) is 14.7. The lowest BCUT2D eigenvalue weighted by Gasteiger charge is -2.23. The van der Waals surface area contributed by atoms with Crippen LogP contribution in [0.15, 0.2) is 24.3 Å². The van der Waals surface area contributed by atoms with Crippen LogP contribution in [-0.2, 0) is 6.54 Å². The van der Waals surface area contributed by atoms with Gasteiger partial charge in [-0.3, -0.25) is 4.90 Å². The van der Waals surface area contributed by atoms with Crippen molar-refractivity contribution in [3.63, 3.8) is 0 Å². The van der Waals surface area contributed by atoms with Gasteiger partial charge < -0.3 is 10.1 Å². The zero-order valence-electron chi connectivity index (χ0n) is 11.9. The monoisotopic (exact) mass is 280 g/mol. The van der Waals surface area contributed by atoms with E-state index in [9.17, 15) is 0 Å². The minimum absolute atomic E-state index is 0.740. The number of rotatable bonds is 7. The van der Waals surface area contributed by atoms with Gasteiger partial charge in [-0.05, 0) is 44.0 Å². The number of nitrogens with zero attached hydrogens (tertiary/aromatic N) is 1. The summed E-state index contributed by atoms with van der Waals surface area (Å²) in [6, 6.07) is 9.06. The van der Waals surface area contributed by atoms with Crippen molar-refractivity contribution in [1.29, 1.82) is 0 Å². The normalized spacial score (nSPS) is 19.0. The fourth-order valence-corrected chi connectivity index (χ4v) is 3.61. The Balaban J connectivity index is 1.73. The van der Waals surface area contributed by atoms with Crippen molar-refractivity contribution in [3.8, 4) is 5.75 Å². The molecule has 1 atom stereocenters. The topological polar surface area (TPSA) is 24.5 Å². The zero-order valence-corrected chi connectivity index (χ0v) is 12.7. The highest BCUT2D eigenvalue weighted by atomic mass is 32.2. The highest BCUT2D eigenvalue weighted by molar-refractivity contribution is 7.99. The Hall–Kier alpha value is -0.710. The van der Waals surface area contributed by atoms with Crippen LogP contribution in [0.5, 0.6) is 5.75 Å². The summed E-state index contributed by atoms with van der Waals surface area (Å²) in [6.07, 6.45) is 1.32. The number of benzene rings is 1. The molecule has 3 nitrogen and oxygen atoms in total. The first-order chi connectivity index (χ1) is 9.29. The minimum atomic E-state index is 0.740. The van der Waals surface area contributed by atoms with Gasteiger partial charge in [0, 0.05) is 24.9 Å².